The number of hydrogen-bond donors (Lipinski definition) is 1. The van der Waals surface area contributed by atoms with Crippen molar-refractivity contribution in [3.63, 3.8) is 0 Å². The molecule has 0 bridgehead atoms. The molecule has 1 aromatic heterocycles. The molecule has 0 aliphatic rings. The summed E-state index contributed by atoms with van der Waals surface area (Å²) in [6, 6.07) is 1.09. The van der Waals surface area contributed by atoms with Gasteiger partial charge in [-0.05, 0) is 38.7 Å². The molecule has 0 unspecified atom stereocenters. The van der Waals surface area contributed by atoms with Crippen LogP contribution in [0.4, 0.5) is 0 Å². The molecule has 0 saturated heterocycles. The molecule has 1 rings (SSSR count). The number of unbranched alkanes of at least 4 members (excludes halogenated alkanes) is 4. The lowest BCUT2D eigenvalue weighted by atomic mass is 10.1. The maximum atomic E-state index is 13.3. The zero-order valence-corrected chi connectivity index (χ0v) is 25.9. The minimum Gasteiger partial charge on any atom is -0.486 e. The first-order chi connectivity index (χ1) is 20.5. The quantitative estimate of drug-likeness (QED) is 0.112. The normalized spacial score (nSPS) is 12.0. The van der Waals surface area contributed by atoms with Crippen molar-refractivity contribution in [3.8, 4) is 5.75 Å². The van der Waals surface area contributed by atoms with Gasteiger partial charge in [0.1, 0.15) is 5.76 Å². The summed E-state index contributed by atoms with van der Waals surface area (Å²) < 4.78 is 32.7. The Morgan fingerprint density at radius 1 is 0.860 bits per heavy atom. The Bertz CT molecular complexity index is 1070. The Morgan fingerprint density at radius 3 is 2.00 bits per heavy atom. The lowest BCUT2D eigenvalue weighted by Crippen LogP contribution is -2.43. The summed E-state index contributed by atoms with van der Waals surface area (Å²) in [5, 5.41) is 10.3. The van der Waals surface area contributed by atoms with Gasteiger partial charge in [-0.25, -0.2) is 0 Å². The van der Waals surface area contributed by atoms with E-state index in [1.165, 1.54) is 32.9 Å². The standard InChI is InChI=1S/C31H46O12/c1-6-11-13-16-22(32)18-19-23-21-24(33)29(39-20-15-12-14-17-28(37)38-10-5)30(40-23)31(41-25(34)7-2,42-26(35)8-3)43-27(36)9-4/h18-19,21-22,32H,6-17,20H2,1-5H3/t22-/m0/s1. The van der Waals surface area contributed by atoms with Crippen LogP contribution < -0.4 is 10.2 Å². The molecule has 12 heteroatoms. The molecule has 1 atom stereocenters. The molecule has 43 heavy (non-hydrogen) atoms. The smallest absolute Gasteiger partial charge is 0.486 e. The van der Waals surface area contributed by atoms with Gasteiger partial charge in [-0.2, -0.15) is 0 Å². The van der Waals surface area contributed by atoms with Crippen LogP contribution in [0.2, 0.25) is 0 Å². The number of esters is 4. The molecule has 0 amide bonds. The monoisotopic (exact) mass is 610 g/mol. The molecule has 0 aliphatic heterocycles. The van der Waals surface area contributed by atoms with E-state index in [0.29, 0.717) is 32.3 Å². The van der Waals surface area contributed by atoms with Crippen molar-refractivity contribution < 1.29 is 52.4 Å². The highest BCUT2D eigenvalue weighted by Crippen LogP contribution is 2.37. The van der Waals surface area contributed by atoms with E-state index in [0.717, 1.165) is 25.3 Å². The SMILES string of the molecule is CCCCC[C@H](O)C=Cc1cc(=O)c(OCCCCCC(=O)OCC)c(C(OC(=O)CC)(OC(=O)CC)OC(=O)CC)o1. The molecule has 0 spiro atoms. The second-order valence-corrected chi connectivity index (χ2v) is 9.60. The van der Waals surface area contributed by atoms with Crippen molar-refractivity contribution in [3.05, 3.63) is 33.9 Å². The molecular formula is C31H46O12. The topological polar surface area (TPSA) is 165 Å². The first-order valence-corrected chi connectivity index (χ1v) is 15.0. The first kappa shape index (κ1) is 37.4. The highest BCUT2D eigenvalue weighted by atomic mass is 16.9. The third kappa shape index (κ3) is 13.5. The minimum absolute atomic E-state index is 0.0346. The van der Waals surface area contributed by atoms with Crippen molar-refractivity contribution in [1.82, 2.24) is 0 Å². The molecule has 0 saturated carbocycles. The largest absolute Gasteiger partial charge is 0.492 e. The Kier molecular flexibility index (Phi) is 17.6. The minimum atomic E-state index is -2.89. The van der Waals surface area contributed by atoms with Gasteiger partial charge in [0, 0.05) is 31.7 Å². The van der Waals surface area contributed by atoms with Crippen molar-refractivity contribution in [2.24, 2.45) is 0 Å². The Hall–Kier alpha value is -3.67. The summed E-state index contributed by atoms with van der Waals surface area (Å²) in [6.07, 6.45) is 6.27. The van der Waals surface area contributed by atoms with Gasteiger partial charge in [0.15, 0.2) is 0 Å². The van der Waals surface area contributed by atoms with Crippen LogP contribution >= 0.6 is 0 Å². The molecule has 1 heterocycles. The molecular weight excluding hydrogens is 564 g/mol. The van der Waals surface area contributed by atoms with Crippen LogP contribution in [0.1, 0.15) is 117 Å². The molecule has 12 nitrogen and oxygen atoms in total. The number of carbonyl (C=O) groups excluding carboxylic acids is 4. The van der Waals surface area contributed by atoms with Gasteiger partial charge < -0.3 is 33.2 Å². The van der Waals surface area contributed by atoms with Gasteiger partial charge >= 0.3 is 29.9 Å². The number of carbonyl (C=O) groups is 4. The average molecular weight is 611 g/mol. The predicted octanol–water partition coefficient (Wildman–Crippen LogP) is 5.07. The van der Waals surface area contributed by atoms with Crippen molar-refractivity contribution >= 4 is 30.0 Å². The molecule has 0 radical (unpaired) electrons. The van der Waals surface area contributed by atoms with E-state index in [1.807, 2.05) is 6.92 Å². The maximum absolute atomic E-state index is 13.3. The zero-order valence-electron chi connectivity index (χ0n) is 25.9. The fourth-order valence-electron chi connectivity index (χ4n) is 3.65. The van der Waals surface area contributed by atoms with Crippen LogP contribution in [0.15, 0.2) is 21.4 Å². The molecule has 242 valence electrons. The van der Waals surface area contributed by atoms with E-state index in [9.17, 15) is 29.1 Å². The Morgan fingerprint density at radius 2 is 1.47 bits per heavy atom. The van der Waals surface area contributed by atoms with Gasteiger partial charge in [-0.3, -0.25) is 24.0 Å². The third-order valence-corrected chi connectivity index (χ3v) is 5.98. The fraction of sp³-hybridized carbons (Fsp3) is 0.645. The van der Waals surface area contributed by atoms with Crippen LogP contribution in [-0.2, 0) is 44.1 Å². The van der Waals surface area contributed by atoms with E-state index in [2.05, 4.69) is 0 Å². The molecule has 0 aromatic carbocycles. The van der Waals surface area contributed by atoms with Gasteiger partial charge in [0.05, 0.1) is 19.3 Å². The number of rotatable bonds is 21. The second kappa shape index (κ2) is 20.3. The fourth-order valence-corrected chi connectivity index (χ4v) is 3.65. The van der Waals surface area contributed by atoms with E-state index in [-0.39, 0.29) is 44.0 Å². The Labute approximate surface area is 252 Å². The van der Waals surface area contributed by atoms with Gasteiger partial charge in [-0.15, -0.1) is 0 Å². The maximum Gasteiger partial charge on any atom is 0.492 e. The number of aliphatic hydroxyl groups excluding tert-OH is 1. The van der Waals surface area contributed by atoms with Gasteiger partial charge in [0.2, 0.25) is 11.2 Å². The predicted molar refractivity (Wildman–Crippen MR) is 156 cm³/mol. The first-order valence-electron chi connectivity index (χ1n) is 15.0. The zero-order chi connectivity index (χ0) is 32.3. The van der Waals surface area contributed by atoms with Crippen LogP contribution in [0.25, 0.3) is 6.08 Å². The number of ether oxygens (including phenoxy) is 5. The Balaban J connectivity index is 3.57. The highest BCUT2D eigenvalue weighted by Gasteiger charge is 2.52. The van der Waals surface area contributed by atoms with Crippen molar-refractivity contribution in [2.45, 2.75) is 117 Å². The van der Waals surface area contributed by atoms with E-state index in [4.69, 9.17) is 28.1 Å². The van der Waals surface area contributed by atoms with Crippen molar-refractivity contribution in [1.29, 1.82) is 0 Å². The number of hydrogen-bond acceptors (Lipinski definition) is 12. The van der Waals surface area contributed by atoms with Crippen LogP contribution in [0, 0.1) is 0 Å². The summed E-state index contributed by atoms with van der Waals surface area (Å²) in [6.45, 7) is 8.43. The van der Waals surface area contributed by atoms with Gasteiger partial charge in [0.25, 0.3) is 5.76 Å². The molecule has 0 fully saturated rings. The highest BCUT2D eigenvalue weighted by molar-refractivity contribution is 5.74. The lowest BCUT2D eigenvalue weighted by Gasteiger charge is -2.30. The second-order valence-electron chi connectivity index (χ2n) is 9.60. The molecule has 0 aliphatic carbocycles. The van der Waals surface area contributed by atoms with Crippen LogP contribution in [0.5, 0.6) is 5.75 Å². The van der Waals surface area contributed by atoms with E-state index < -0.39 is 46.9 Å². The van der Waals surface area contributed by atoms with Gasteiger partial charge in [-0.1, -0.05) is 53.0 Å². The van der Waals surface area contributed by atoms with Crippen molar-refractivity contribution in [2.75, 3.05) is 13.2 Å². The van der Waals surface area contributed by atoms with Crippen LogP contribution in [0.3, 0.4) is 0 Å². The third-order valence-electron chi connectivity index (χ3n) is 5.98. The van der Waals surface area contributed by atoms with E-state index in [1.54, 1.807) is 6.92 Å². The summed E-state index contributed by atoms with van der Waals surface area (Å²) >= 11 is 0. The number of aliphatic hydroxyl groups is 1. The summed E-state index contributed by atoms with van der Waals surface area (Å²) in [5.41, 5.74) is -0.745. The lowest BCUT2D eigenvalue weighted by molar-refractivity contribution is -0.348. The average Bonchev–Trinajstić information content (AvgIpc) is 2.98. The molecule has 1 aromatic rings. The van der Waals surface area contributed by atoms with E-state index >= 15 is 0 Å². The summed E-state index contributed by atoms with van der Waals surface area (Å²) in [5.74, 6) is -7.24. The summed E-state index contributed by atoms with van der Waals surface area (Å²) in [7, 11) is 0. The molecule has 1 N–H and O–H groups in total. The summed E-state index contributed by atoms with van der Waals surface area (Å²) in [4.78, 5) is 62.6. The van der Waals surface area contributed by atoms with Crippen LogP contribution in [-0.4, -0.2) is 48.3 Å².